The van der Waals surface area contributed by atoms with Gasteiger partial charge in [-0.05, 0) is 18.6 Å². The van der Waals surface area contributed by atoms with Crippen LogP contribution in [-0.4, -0.2) is 66.0 Å². The summed E-state index contributed by atoms with van der Waals surface area (Å²) in [6.45, 7) is 3.16. The SMILES string of the molecule is O=C1NC2CCN(CCO)CC2N1c1nc2c3c(ccc2s1)OCC3. The van der Waals surface area contributed by atoms with Crippen molar-refractivity contribution in [3.63, 3.8) is 0 Å². The van der Waals surface area contributed by atoms with Crippen LogP contribution in [0.2, 0.25) is 0 Å². The normalized spacial score (nSPS) is 25.8. The number of anilines is 1. The average molecular weight is 360 g/mol. The summed E-state index contributed by atoms with van der Waals surface area (Å²) in [6, 6.07) is 4.20. The van der Waals surface area contributed by atoms with Crippen LogP contribution >= 0.6 is 11.3 Å². The number of benzene rings is 1. The average Bonchev–Trinajstić information content (AvgIpc) is 3.28. The predicted molar refractivity (Wildman–Crippen MR) is 95.5 cm³/mol. The number of aromatic nitrogens is 1. The molecule has 0 radical (unpaired) electrons. The third kappa shape index (κ3) is 2.39. The standard InChI is InChI=1S/C17H20N4O3S/c22-7-6-20-5-3-11-12(9-20)21(16(23)18-11)17-19-15-10-4-8-24-13(10)1-2-14(15)25-17/h1-2,11-12,22H,3-9H2,(H,18,23). The van der Waals surface area contributed by atoms with E-state index >= 15 is 0 Å². The van der Waals surface area contributed by atoms with Crippen LogP contribution in [0.1, 0.15) is 12.0 Å². The van der Waals surface area contributed by atoms with Gasteiger partial charge in [-0.2, -0.15) is 0 Å². The number of piperidine rings is 1. The van der Waals surface area contributed by atoms with Gasteiger partial charge in [0.15, 0.2) is 5.13 Å². The summed E-state index contributed by atoms with van der Waals surface area (Å²) < 4.78 is 6.73. The lowest BCUT2D eigenvalue weighted by molar-refractivity contribution is 0.154. The summed E-state index contributed by atoms with van der Waals surface area (Å²) in [5.41, 5.74) is 2.12. The molecule has 25 heavy (non-hydrogen) atoms. The largest absolute Gasteiger partial charge is 0.493 e. The summed E-state index contributed by atoms with van der Waals surface area (Å²) in [7, 11) is 0. The number of thiazole rings is 1. The van der Waals surface area contributed by atoms with E-state index in [9.17, 15) is 9.90 Å². The van der Waals surface area contributed by atoms with E-state index < -0.39 is 0 Å². The molecule has 3 aliphatic rings. The summed E-state index contributed by atoms with van der Waals surface area (Å²) in [5.74, 6) is 0.917. The Balaban J connectivity index is 1.51. The maximum atomic E-state index is 12.6. The fraction of sp³-hybridized carbons (Fsp3) is 0.529. The third-order valence-corrected chi connectivity index (χ3v) is 6.39. The van der Waals surface area contributed by atoms with Crippen molar-refractivity contribution >= 4 is 32.7 Å². The van der Waals surface area contributed by atoms with Crippen LogP contribution in [0.25, 0.3) is 10.2 Å². The van der Waals surface area contributed by atoms with Crippen molar-refractivity contribution in [1.82, 2.24) is 15.2 Å². The zero-order chi connectivity index (χ0) is 17.0. The number of fused-ring (bicyclic) bond motifs is 4. The maximum absolute atomic E-state index is 12.6. The van der Waals surface area contributed by atoms with Crippen molar-refractivity contribution in [1.29, 1.82) is 0 Å². The van der Waals surface area contributed by atoms with Crippen LogP contribution in [0.5, 0.6) is 5.75 Å². The van der Waals surface area contributed by atoms with Gasteiger partial charge in [0.05, 0.1) is 35.5 Å². The monoisotopic (exact) mass is 360 g/mol. The number of carbonyl (C=O) groups is 1. The van der Waals surface area contributed by atoms with E-state index in [4.69, 9.17) is 9.72 Å². The summed E-state index contributed by atoms with van der Waals surface area (Å²) in [4.78, 5) is 21.5. The van der Waals surface area contributed by atoms with Gasteiger partial charge in [-0.3, -0.25) is 9.80 Å². The topological polar surface area (TPSA) is 77.9 Å². The second kappa shape index (κ2) is 5.82. The van der Waals surface area contributed by atoms with Gasteiger partial charge in [0.25, 0.3) is 0 Å². The molecule has 0 saturated carbocycles. The molecule has 8 heteroatoms. The molecule has 1 aromatic heterocycles. The molecule has 2 aromatic rings. The van der Waals surface area contributed by atoms with E-state index in [1.807, 2.05) is 17.0 Å². The molecule has 0 spiro atoms. The number of hydrogen-bond donors (Lipinski definition) is 2. The van der Waals surface area contributed by atoms with Crippen LogP contribution in [0.15, 0.2) is 12.1 Å². The Morgan fingerprint density at radius 2 is 2.36 bits per heavy atom. The van der Waals surface area contributed by atoms with Crippen molar-refractivity contribution in [2.45, 2.75) is 24.9 Å². The minimum atomic E-state index is -0.0622. The number of ether oxygens (including phenoxy) is 1. The van der Waals surface area contributed by atoms with Crippen molar-refractivity contribution in [3.8, 4) is 5.75 Å². The molecule has 2 unspecified atom stereocenters. The smallest absolute Gasteiger partial charge is 0.324 e. The number of aliphatic hydroxyl groups excluding tert-OH is 1. The van der Waals surface area contributed by atoms with E-state index in [1.165, 1.54) is 0 Å². The molecule has 2 saturated heterocycles. The van der Waals surface area contributed by atoms with E-state index in [0.717, 1.165) is 52.6 Å². The number of carbonyl (C=O) groups excluding carboxylic acids is 1. The molecule has 5 rings (SSSR count). The summed E-state index contributed by atoms with van der Waals surface area (Å²) in [6.07, 6.45) is 1.78. The molecule has 2 fully saturated rings. The number of nitrogens with one attached hydrogen (secondary N) is 1. The highest BCUT2D eigenvalue weighted by atomic mass is 32.1. The van der Waals surface area contributed by atoms with Crippen molar-refractivity contribution in [2.75, 3.05) is 37.7 Å². The number of amides is 2. The molecule has 0 bridgehead atoms. The number of urea groups is 1. The van der Waals surface area contributed by atoms with Gasteiger partial charge in [0.1, 0.15) is 5.75 Å². The zero-order valence-electron chi connectivity index (χ0n) is 13.8. The van der Waals surface area contributed by atoms with Gasteiger partial charge < -0.3 is 15.2 Å². The van der Waals surface area contributed by atoms with Gasteiger partial charge in [-0.25, -0.2) is 9.78 Å². The summed E-state index contributed by atoms with van der Waals surface area (Å²) in [5, 5.41) is 13.1. The molecule has 132 valence electrons. The molecular formula is C17H20N4O3S. The Morgan fingerprint density at radius 3 is 3.24 bits per heavy atom. The lowest BCUT2D eigenvalue weighted by atomic mass is 10.0. The molecule has 1 aromatic carbocycles. The molecule has 0 aliphatic carbocycles. The predicted octanol–water partition coefficient (Wildman–Crippen LogP) is 1.20. The fourth-order valence-electron chi connectivity index (χ4n) is 4.14. The molecular weight excluding hydrogens is 340 g/mol. The van der Waals surface area contributed by atoms with Crippen molar-refractivity contribution in [2.24, 2.45) is 0 Å². The molecule has 3 aliphatic heterocycles. The van der Waals surface area contributed by atoms with Gasteiger partial charge in [0.2, 0.25) is 0 Å². The highest BCUT2D eigenvalue weighted by Crippen LogP contribution is 2.39. The number of likely N-dealkylation sites (tertiary alicyclic amines) is 1. The molecule has 7 nitrogen and oxygen atoms in total. The minimum Gasteiger partial charge on any atom is -0.493 e. The van der Waals surface area contributed by atoms with Crippen molar-refractivity contribution < 1.29 is 14.6 Å². The second-order valence-electron chi connectivity index (χ2n) is 6.79. The Hall–Kier alpha value is -1.90. The first-order chi connectivity index (χ1) is 12.2. The van der Waals surface area contributed by atoms with Gasteiger partial charge in [0, 0.05) is 31.6 Å². The van der Waals surface area contributed by atoms with Gasteiger partial charge in [-0.15, -0.1) is 0 Å². The van der Waals surface area contributed by atoms with Crippen LogP contribution in [0, 0.1) is 0 Å². The Bertz CT molecular complexity index is 839. The second-order valence-corrected chi connectivity index (χ2v) is 7.80. The quantitative estimate of drug-likeness (QED) is 0.860. The van der Waals surface area contributed by atoms with Gasteiger partial charge in [-0.1, -0.05) is 11.3 Å². The maximum Gasteiger partial charge on any atom is 0.324 e. The first-order valence-electron chi connectivity index (χ1n) is 8.73. The highest BCUT2D eigenvalue weighted by Gasteiger charge is 2.44. The molecule has 2 amide bonds. The minimum absolute atomic E-state index is 0.0622. The van der Waals surface area contributed by atoms with Crippen LogP contribution in [-0.2, 0) is 6.42 Å². The van der Waals surface area contributed by atoms with Gasteiger partial charge >= 0.3 is 6.03 Å². The Kier molecular flexibility index (Phi) is 3.58. The molecule has 4 heterocycles. The number of nitrogens with zero attached hydrogens (tertiary/aromatic N) is 3. The lowest BCUT2D eigenvalue weighted by Gasteiger charge is -2.36. The molecule has 2 N–H and O–H groups in total. The third-order valence-electron chi connectivity index (χ3n) is 5.37. The highest BCUT2D eigenvalue weighted by molar-refractivity contribution is 7.22. The van der Waals surface area contributed by atoms with Crippen LogP contribution < -0.4 is 15.0 Å². The number of aliphatic hydroxyl groups is 1. The zero-order valence-corrected chi connectivity index (χ0v) is 14.6. The lowest BCUT2D eigenvalue weighted by Crippen LogP contribution is -2.52. The number of β-amino-alcohol motifs (C(OH)–C–C–N with tert-alkyl or cyclic N) is 1. The first-order valence-corrected chi connectivity index (χ1v) is 9.54. The summed E-state index contributed by atoms with van der Waals surface area (Å²) >= 11 is 1.57. The van der Waals surface area contributed by atoms with E-state index in [0.29, 0.717) is 13.2 Å². The van der Waals surface area contributed by atoms with Crippen LogP contribution in [0.3, 0.4) is 0 Å². The number of rotatable bonds is 3. The van der Waals surface area contributed by atoms with Crippen LogP contribution in [0.4, 0.5) is 9.93 Å². The Labute approximate surface area is 149 Å². The fourth-order valence-corrected chi connectivity index (χ4v) is 5.19. The molecule has 2 atom stereocenters. The van der Waals surface area contributed by atoms with E-state index in [2.05, 4.69) is 10.2 Å². The van der Waals surface area contributed by atoms with Crippen molar-refractivity contribution in [3.05, 3.63) is 17.7 Å². The van der Waals surface area contributed by atoms with E-state index in [1.54, 1.807) is 11.3 Å². The first kappa shape index (κ1) is 15.4. The Morgan fingerprint density at radius 1 is 1.44 bits per heavy atom. The number of hydrogen-bond acceptors (Lipinski definition) is 6. The van der Waals surface area contributed by atoms with E-state index in [-0.39, 0.29) is 24.7 Å².